The number of amides is 1. The first-order chi connectivity index (χ1) is 14.0. The zero-order chi connectivity index (χ0) is 20.4. The SMILES string of the molecule is O=C(COC(=O)Cc1coc2ccc3ccccc3c12)Nc1ccc(F)cc1F. The Morgan fingerprint density at radius 3 is 2.69 bits per heavy atom. The van der Waals surface area contributed by atoms with Gasteiger partial charge in [0.15, 0.2) is 6.61 Å². The van der Waals surface area contributed by atoms with Crippen molar-refractivity contribution in [2.75, 3.05) is 11.9 Å². The van der Waals surface area contributed by atoms with Crippen molar-refractivity contribution in [1.82, 2.24) is 0 Å². The molecule has 0 aliphatic heterocycles. The molecule has 146 valence electrons. The molecule has 0 saturated carbocycles. The molecule has 0 unspecified atom stereocenters. The Hall–Kier alpha value is -3.74. The van der Waals surface area contributed by atoms with Gasteiger partial charge in [-0.1, -0.05) is 30.3 Å². The highest BCUT2D eigenvalue weighted by molar-refractivity contribution is 6.08. The van der Waals surface area contributed by atoms with Gasteiger partial charge in [-0.3, -0.25) is 9.59 Å². The van der Waals surface area contributed by atoms with Gasteiger partial charge >= 0.3 is 5.97 Å². The van der Waals surface area contributed by atoms with Crippen molar-refractivity contribution in [2.24, 2.45) is 0 Å². The number of carbonyl (C=O) groups excluding carboxylic acids is 2. The molecular formula is C22H15F2NO4. The fourth-order valence-corrected chi connectivity index (χ4v) is 3.13. The van der Waals surface area contributed by atoms with E-state index in [1.165, 1.54) is 6.26 Å². The summed E-state index contributed by atoms with van der Waals surface area (Å²) in [6.45, 7) is -0.591. The van der Waals surface area contributed by atoms with Crippen molar-refractivity contribution in [3.63, 3.8) is 0 Å². The second-order valence-electron chi connectivity index (χ2n) is 6.43. The maximum atomic E-state index is 13.6. The normalized spacial score (nSPS) is 11.0. The monoisotopic (exact) mass is 395 g/mol. The lowest BCUT2D eigenvalue weighted by atomic mass is 10.0. The van der Waals surface area contributed by atoms with E-state index in [-0.39, 0.29) is 12.1 Å². The van der Waals surface area contributed by atoms with Crippen molar-refractivity contribution in [2.45, 2.75) is 6.42 Å². The molecule has 0 radical (unpaired) electrons. The summed E-state index contributed by atoms with van der Waals surface area (Å²) < 4.78 is 37.0. The van der Waals surface area contributed by atoms with Gasteiger partial charge in [0.25, 0.3) is 5.91 Å². The molecule has 0 saturated heterocycles. The lowest BCUT2D eigenvalue weighted by Crippen LogP contribution is -2.22. The minimum Gasteiger partial charge on any atom is -0.464 e. The summed E-state index contributed by atoms with van der Waals surface area (Å²) in [5.74, 6) is -3.03. The predicted octanol–water partition coefficient (Wildman–Crippen LogP) is 4.59. The van der Waals surface area contributed by atoms with Gasteiger partial charge < -0.3 is 14.5 Å². The quantitative estimate of drug-likeness (QED) is 0.502. The van der Waals surface area contributed by atoms with Crippen molar-refractivity contribution in [3.8, 4) is 0 Å². The Labute approximate surface area is 163 Å². The van der Waals surface area contributed by atoms with E-state index in [9.17, 15) is 18.4 Å². The Kier molecular flexibility index (Phi) is 4.95. The Balaban J connectivity index is 1.42. The molecule has 4 rings (SSSR count). The zero-order valence-corrected chi connectivity index (χ0v) is 15.1. The van der Waals surface area contributed by atoms with Crippen LogP contribution in [0.3, 0.4) is 0 Å². The predicted molar refractivity (Wildman–Crippen MR) is 103 cm³/mol. The Bertz CT molecular complexity index is 1230. The van der Waals surface area contributed by atoms with E-state index in [2.05, 4.69) is 5.32 Å². The number of halogens is 2. The van der Waals surface area contributed by atoms with Gasteiger partial charge in [-0.05, 0) is 29.0 Å². The maximum Gasteiger partial charge on any atom is 0.310 e. The summed E-state index contributed by atoms with van der Waals surface area (Å²) in [5, 5.41) is 5.01. The van der Waals surface area contributed by atoms with E-state index < -0.39 is 30.1 Å². The van der Waals surface area contributed by atoms with Crippen LogP contribution in [-0.4, -0.2) is 18.5 Å². The first-order valence-corrected chi connectivity index (χ1v) is 8.79. The van der Waals surface area contributed by atoms with Crippen LogP contribution in [0.4, 0.5) is 14.5 Å². The molecule has 1 amide bonds. The van der Waals surface area contributed by atoms with Gasteiger partial charge in [0, 0.05) is 17.0 Å². The van der Waals surface area contributed by atoms with Crippen LogP contribution in [0.25, 0.3) is 21.7 Å². The van der Waals surface area contributed by atoms with Crippen molar-refractivity contribution >= 4 is 39.3 Å². The molecule has 29 heavy (non-hydrogen) atoms. The van der Waals surface area contributed by atoms with E-state index in [1.807, 2.05) is 36.4 Å². The van der Waals surface area contributed by atoms with Crippen LogP contribution < -0.4 is 5.32 Å². The molecule has 0 aliphatic carbocycles. The van der Waals surface area contributed by atoms with Gasteiger partial charge in [0.05, 0.1) is 18.4 Å². The summed E-state index contributed by atoms with van der Waals surface area (Å²) in [5.41, 5.74) is 1.10. The number of carbonyl (C=O) groups is 2. The zero-order valence-electron chi connectivity index (χ0n) is 15.1. The van der Waals surface area contributed by atoms with E-state index in [0.29, 0.717) is 17.2 Å². The molecule has 1 aromatic heterocycles. The number of ether oxygens (including phenoxy) is 1. The van der Waals surface area contributed by atoms with Crippen molar-refractivity contribution in [3.05, 3.63) is 78.1 Å². The number of nitrogens with one attached hydrogen (secondary N) is 1. The number of furan rings is 1. The van der Waals surface area contributed by atoms with Gasteiger partial charge in [0.2, 0.25) is 0 Å². The molecule has 1 heterocycles. The first-order valence-electron chi connectivity index (χ1n) is 8.79. The van der Waals surface area contributed by atoms with Crippen LogP contribution in [0, 0.1) is 11.6 Å². The molecule has 1 N–H and O–H groups in total. The second-order valence-corrected chi connectivity index (χ2v) is 6.43. The second kappa shape index (κ2) is 7.71. The van der Waals surface area contributed by atoms with Gasteiger partial charge in [-0.25, -0.2) is 8.78 Å². The van der Waals surface area contributed by atoms with E-state index in [1.54, 1.807) is 0 Å². The molecule has 5 nitrogen and oxygen atoms in total. The Morgan fingerprint density at radius 2 is 1.86 bits per heavy atom. The fourth-order valence-electron chi connectivity index (χ4n) is 3.13. The third-order valence-corrected chi connectivity index (χ3v) is 4.44. The third kappa shape index (κ3) is 3.94. The van der Waals surface area contributed by atoms with Crippen LogP contribution in [0.1, 0.15) is 5.56 Å². The van der Waals surface area contributed by atoms with Crippen LogP contribution in [-0.2, 0) is 20.7 Å². The van der Waals surface area contributed by atoms with E-state index in [0.717, 1.165) is 28.3 Å². The highest BCUT2D eigenvalue weighted by Gasteiger charge is 2.16. The molecule has 0 atom stereocenters. The average molecular weight is 395 g/mol. The topological polar surface area (TPSA) is 68.5 Å². The summed E-state index contributed by atoms with van der Waals surface area (Å²) in [6, 6.07) is 14.2. The number of anilines is 1. The number of benzene rings is 3. The smallest absolute Gasteiger partial charge is 0.310 e. The van der Waals surface area contributed by atoms with Crippen LogP contribution in [0.2, 0.25) is 0 Å². The van der Waals surface area contributed by atoms with Crippen LogP contribution in [0.15, 0.2) is 65.3 Å². The first kappa shape index (κ1) is 18.6. The minimum absolute atomic E-state index is 0.0841. The lowest BCUT2D eigenvalue weighted by molar-refractivity contribution is -0.146. The van der Waals surface area contributed by atoms with Crippen molar-refractivity contribution < 1.29 is 27.5 Å². The maximum absolute atomic E-state index is 13.6. The van der Waals surface area contributed by atoms with Gasteiger partial charge in [-0.15, -0.1) is 0 Å². The minimum atomic E-state index is -0.915. The molecule has 0 fully saturated rings. The largest absolute Gasteiger partial charge is 0.464 e. The fraction of sp³-hybridized carbons (Fsp3) is 0.0909. The van der Waals surface area contributed by atoms with E-state index in [4.69, 9.17) is 9.15 Å². The van der Waals surface area contributed by atoms with Crippen LogP contribution >= 0.6 is 0 Å². The molecule has 0 spiro atoms. The number of hydrogen-bond acceptors (Lipinski definition) is 4. The summed E-state index contributed by atoms with van der Waals surface area (Å²) in [7, 11) is 0. The number of fused-ring (bicyclic) bond motifs is 3. The van der Waals surface area contributed by atoms with Gasteiger partial charge in [0.1, 0.15) is 17.2 Å². The number of hydrogen-bond donors (Lipinski definition) is 1. The number of rotatable bonds is 5. The molecule has 7 heteroatoms. The Morgan fingerprint density at radius 1 is 1.03 bits per heavy atom. The molecule has 0 bridgehead atoms. The molecule has 3 aromatic carbocycles. The highest BCUT2D eigenvalue weighted by Crippen LogP contribution is 2.30. The third-order valence-electron chi connectivity index (χ3n) is 4.44. The number of esters is 1. The van der Waals surface area contributed by atoms with Gasteiger partial charge in [-0.2, -0.15) is 0 Å². The molecule has 4 aromatic rings. The molecular weight excluding hydrogens is 380 g/mol. The van der Waals surface area contributed by atoms with Crippen LogP contribution in [0.5, 0.6) is 0 Å². The molecule has 0 aliphatic rings. The average Bonchev–Trinajstić information content (AvgIpc) is 3.12. The van der Waals surface area contributed by atoms with E-state index >= 15 is 0 Å². The highest BCUT2D eigenvalue weighted by atomic mass is 19.1. The standard InChI is InChI=1S/C22H15F2NO4/c23-15-6-7-18(17(24)10-15)25-20(26)12-29-21(27)9-14-11-28-19-8-5-13-3-1-2-4-16(13)22(14)19/h1-8,10-11H,9,12H2,(H,25,26). The lowest BCUT2D eigenvalue weighted by Gasteiger charge is -2.07. The summed E-state index contributed by atoms with van der Waals surface area (Å²) in [4.78, 5) is 24.1. The van der Waals surface area contributed by atoms with Crippen molar-refractivity contribution in [1.29, 1.82) is 0 Å². The summed E-state index contributed by atoms with van der Waals surface area (Å²) in [6.07, 6.45) is 1.41. The summed E-state index contributed by atoms with van der Waals surface area (Å²) >= 11 is 0.